The molecule has 1 aromatic rings. The minimum Gasteiger partial charge on any atom is -0.397 e. The maximum Gasteiger partial charge on any atom is 0.270 e. The van der Waals surface area contributed by atoms with E-state index in [1.807, 2.05) is 17.7 Å². The lowest BCUT2D eigenvalue weighted by molar-refractivity contribution is -0.0829. The summed E-state index contributed by atoms with van der Waals surface area (Å²) in [5.74, 6) is -0.0169. The fourth-order valence-corrected chi connectivity index (χ4v) is 2.52. The summed E-state index contributed by atoms with van der Waals surface area (Å²) in [6.07, 6.45) is 4.76. The second kappa shape index (κ2) is 3.75. The van der Waals surface area contributed by atoms with Crippen LogP contribution in [0.3, 0.4) is 0 Å². The standard InChI is InChI=1S/C13H19N3O2/c1-2-13(18)7-15(8-13)12(17)11-5-9(14)6-16(11)10-3-4-10/h5-6,10,18H,2-4,7-8,14H2,1H3. The Morgan fingerprint density at radius 1 is 1.56 bits per heavy atom. The SMILES string of the molecule is CCC1(O)CN(C(=O)c2cc(N)cn2C2CC2)C1. The zero-order chi connectivity index (χ0) is 12.9. The number of carbonyl (C=O) groups excluding carboxylic acids is 1. The van der Waals surface area contributed by atoms with Crippen LogP contribution >= 0.6 is 0 Å². The van der Waals surface area contributed by atoms with Gasteiger partial charge in [-0.3, -0.25) is 4.79 Å². The van der Waals surface area contributed by atoms with Gasteiger partial charge in [-0.05, 0) is 25.3 Å². The molecule has 0 unspecified atom stereocenters. The number of carbonyl (C=O) groups is 1. The highest BCUT2D eigenvalue weighted by Gasteiger charge is 2.43. The Bertz CT molecular complexity index is 484. The van der Waals surface area contributed by atoms with Crippen LogP contribution in [0, 0.1) is 0 Å². The molecule has 1 saturated carbocycles. The molecule has 3 N–H and O–H groups in total. The molecule has 1 amide bonds. The number of hydrogen-bond donors (Lipinski definition) is 2. The number of likely N-dealkylation sites (tertiary alicyclic amines) is 1. The van der Waals surface area contributed by atoms with E-state index in [2.05, 4.69) is 0 Å². The minimum atomic E-state index is -0.682. The van der Waals surface area contributed by atoms with Crippen LogP contribution in [0.15, 0.2) is 12.3 Å². The largest absolute Gasteiger partial charge is 0.397 e. The number of nitrogens with zero attached hydrogens (tertiary/aromatic N) is 2. The smallest absolute Gasteiger partial charge is 0.270 e. The van der Waals surface area contributed by atoms with Crippen molar-refractivity contribution in [3.63, 3.8) is 0 Å². The molecule has 1 saturated heterocycles. The summed E-state index contributed by atoms with van der Waals surface area (Å²) in [6.45, 7) is 2.79. The Morgan fingerprint density at radius 2 is 2.22 bits per heavy atom. The van der Waals surface area contributed by atoms with E-state index in [0.717, 1.165) is 12.8 Å². The van der Waals surface area contributed by atoms with E-state index >= 15 is 0 Å². The van der Waals surface area contributed by atoms with Crippen LogP contribution in [0.25, 0.3) is 0 Å². The van der Waals surface area contributed by atoms with Gasteiger partial charge in [0, 0.05) is 12.2 Å². The molecular formula is C13H19N3O2. The Hall–Kier alpha value is -1.49. The number of hydrogen-bond acceptors (Lipinski definition) is 3. The van der Waals surface area contributed by atoms with E-state index in [0.29, 0.717) is 36.9 Å². The Balaban J connectivity index is 1.77. The van der Waals surface area contributed by atoms with Crippen LogP contribution in [-0.4, -0.2) is 39.2 Å². The highest BCUT2D eigenvalue weighted by molar-refractivity contribution is 5.94. The average molecular weight is 249 g/mol. The zero-order valence-electron chi connectivity index (χ0n) is 10.6. The van der Waals surface area contributed by atoms with Crippen molar-refractivity contribution in [1.29, 1.82) is 0 Å². The predicted molar refractivity (Wildman–Crippen MR) is 68.3 cm³/mol. The highest BCUT2D eigenvalue weighted by Crippen LogP contribution is 2.38. The molecule has 1 aliphatic heterocycles. The van der Waals surface area contributed by atoms with Gasteiger partial charge in [0.15, 0.2) is 0 Å². The van der Waals surface area contributed by atoms with Gasteiger partial charge in [-0.25, -0.2) is 0 Å². The average Bonchev–Trinajstić information content (AvgIpc) is 3.07. The summed E-state index contributed by atoms with van der Waals surface area (Å²) in [4.78, 5) is 14.0. The van der Waals surface area contributed by atoms with Gasteiger partial charge in [0.25, 0.3) is 5.91 Å². The van der Waals surface area contributed by atoms with E-state index in [9.17, 15) is 9.90 Å². The van der Waals surface area contributed by atoms with Crippen LogP contribution in [-0.2, 0) is 0 Å². The summed E-state index contributed by atoms with van der Waals surface area (Å²) in [5.41, 5.74) is 6.39. The second-order valence-corrected chi connectivity index (χ2v) is 5.54. The molecule has 2 fully saturated rings. The Morgan fingerprint density at radius 3 is 2.78 bits per heavy atom. The van der Waals surface area contributed by atoms with Crippen molar-refractivity contribution in [1.82, 2.24) is 9.47 Å². The van der Waals surface area contributed by atoms with Gasteiger partial charge in [0.05, 0.1) is 24.4 Å². The summed E-state index contributed by atoms with van der Waals surface area (Å²) in [5, 5.41) is 9.96. The third-order valence-corrected chi connectivity index (χ3v) is 3.94. The third-order valence-electron chi connectivity index (χ3n) is 3.94. The molecule has 1 aliphatic carbocycles. The molecule has 5 heteroatoms. The molecule has 0 atom stereocenters. The summed E-state index contributed by atoms with van der Waals surface area (Å²) >= 11 is 0. The minimum absolute atomic E-state index is 0.0169. The first-order valence-electron chi connectivity index (χ1n) is 6.51. The van der Waals surface area contributed by atoms with Gasteiger partial charge in [-0.15, -0.1) is 0 Å². The molecule has 3 rings (SSSR count). The lowest BCUT2D eigenvalue weighted by Crippen LogP contribution is -2.63. The molecule has 0 bridgehead atoms. The lowest BCUT2D eigenvalue weighted by atomic mass is 9.91. The van der Waals surface area contributed by atoms with Gasteiger partial charge < -0.3 is 20.3 Å². The third kappa shape index (κ3) is 1.79. The summed E-state index contributed by atoms with van der Waals surface area (Å²) in [7, 11) is 0. The number of aromatic nitrogens is 1. The predicted octanol–water partition coefficient (Wildman–Crippen LogP) is 1.00. The molecule has 0 aromatic carbocycles. The lowest BCUT2D eigenvalue weighted by Gasteiger charge is -2.46. The topological polar surface area (TPSA) is 71.5 Å². The van der Waals surface area contributed by atoms with Crippen LogP contribution in [0.2, 0.25) is 0 Å². The molecule has 5 nitrogen and oxygen atoms in total. The normalized spacial score (nSPS) is 21.8. The number of nitrogen functional groups attached to an aromatic ring is 1. The van der Waals surface area contributed by atoms with E-state index in [4.69, 9.17) is 5.73 Å². The molecule has 2 heterocycles. The Labute approximate surface area is 106 Å². The maximum absolute atomic E-state index is 12.3. The van der Waals surface area contributed by atoms with Crippen LogP contribution in [0.4, 0.5) is 5.69 Å². The van der Waals surface area contributed by atoms with E-state index < -0.39 is 5.60 Å². The Kier molecular flexibility index (Phi) is 2.41. The number of aliphatic hydroxyl groups is 1. The van der Waals surface area contributed by atoms with E-state index in [1.165, 1.54) is 0 Å². The van der Waals surface area contributed by atoms with Crippen molar-refractivity contribution < 1.29 is 9.90 Å². The first-order valence-corrected chi connectivity index (χ1v) is 6.51. The van der Waals surface area contributed by atoms with E-state index in [1.54, 1.807) is 11.0 Å². The van der Waals surface area contributed by atoms with Crippen molar-refractivity contribution >= 4 is 11.6 Å². The number of anilines is 1. The number of rotatable bonds is 3. The molecule has 0 radical (unpaired) electrons. The number of β-amino-alcohol motifs (C(OH)–C–C–N with tert-alkyl or cyclic N) is 1. The fraction of sp³-hybridized carbons (Fsp3) is 0.615. The van der Waals surface area contributed by atoms with E-state index in [-0.39, 0.29) is 5.91 Å². The first-order chi connectivity index (χ1) is 8.52. The van der Waals surface area contributed by atoms with Crippen LogP contribution in [0.5, 0.6) is 0 Å². The zero-order valence-corrected chi connectivity index (χ0v) is 10.6. The van der Waals surface area contributed by atoms with Crippen molar-refractivity contribution in [3.05, 3.63) is 18.0 Å². The van der Waals surface area contributed by atoms with Crippen molar-refractivity contribution in [2.45, 2.75) is 37.8 Å². The molecule has 0 spiro atoms. The summed E-state index contributed by atoms with van der Waals surface area (Å²) in [6, 6.07) is 2.18. The summed E-state index contributed by atoms with van der Waals surface area (Å²) < 4.78 is 1.99. The molecule has 98 valence electrons. The number of amides is 1. The van der Waals surface area contributed by atoms with Crippen LogP contribution in [0.1, 0.15) is 42.7 Å². The van der Waals surface area contributed by atoms with Gasteiger partial charge in [-0.2, -0.15) is 0 Å². The van der Waals surface area contributed by atoms with Crippen molar-refractivity contribution in [3.8, 4) is 0 Å². The quantitative estimate of drug-likeness (QED) is 0.839. The number of nitrogens with two attached hydrogens (primary N) is 1. The molecule has 2 aliphatic rings. The van der Waals surface area contributed by atoms with Crippen molar-refractivity contribution in [2.24, 2.45) is 0 Å². The second-order valence-electron chi connectivity index (χ2n) is 5.54. The van der Waals surface area contributed by atoms with Crippen LogP contribution < -0.4 is 5.73 Å². The first kappa shape index (κ1) is 11.6. The maximum atomic E-state index is 12.3. The van der Waals surface area contributed by atoms with Crippen molar-refractivity contribution in [2.75, 3.05) is 18.8 Å². The molecule has 1 aromatic heterocycles. The highest BCUT2D eigenvalue weighted by atomic mass is 16.3. The van der Waals surface area contributed by atoms with Gasteiger partial charge in [-0.1, -0.05) is 6.92 Å². The van der Waals surface area contributed by atoms with Gasteiger partial charge in [0.1, 0.15) is 5.69 Å². The molecular weight excluding hydrogens is 230 g/mol. The van der Waals surface area contributed by atoms with Gasteiger partial charge >= 0.3 is 0 Å². The van der Waals surface area contributed by atoms with Gasteiger partial charge in [0.2, 0.25) is 0 Å². The molecule has 18 heavy (non-hydrogen) atoms. The fourth-order valence-electron chi connectivity index (χ4n) is 2.52. The monoisotopic (exact) mass is 249 g/mol.